The largest absolute Gasteiger partial charge is 0.508 e. The molecule has 3 N–H and O–H groups in total. The van der Waals surface area contributed by atoms with E-state index in [1.165, 1.54) is 12.3 Å². The van der Waals surface area contributed by atoms with Gasteiger partial charge in [0.1, 0.15) is 10.6 Å². The number of nitrogens with one attached hydrogen (secondary N) is 2. The van der Waals surface area contributed by atoms with E-state index < -0.39 is 10.0 Å². The van der Waals surface area contributed by atoms with Crippen LogP contribution in [0, 0.1) is 13.8 Å². The number of phenols is 1. The van der Waals surface area contributed by atoms with Gasteiger partial charge in [-0.05, 0) is 26.0 Å². The highest BCUT2D eigenvalue weighted by molar-refractivity contribution is 7.92. The molecule has 0 saturated heterocycles. The second-order valence-corrected chi connectivity index (χ2v) is 5.57. The summed E-state index contributed by atoms with van der Waals surface area (Å²) in [5, 5.41) is 15.8. The highest BCUT2D eigenvalue weighted by Gasteiger charge is 2.19. The average Bonchev–Trinajstić information content (AvgIpc) is 2.72. The SMILES string of the molecule is Cc1[nH]ncc1S(=O)(=O)Nc1cccc(O)c1C. The first-order valence-electron chi connectivity index (χ1n) is 5.23. The van der Waals surface area contributed by atoms with E-state index in [1.807, 2.05) is 0 Å². The number of anilines is 1. The Balaban J connectivity index is 2.40. The number of hydrogen-bond acceptors (Lipinski definition) is 4. The summed E-state index contributed by atoms with van der Waals surface area (Å²) in [6, 6.07) is 4.65. The van der Waals surface area contributed by atoms with Gasteiger partial charge in [0.15, 0.2) is 0 Å². The summed E-state index contributed by atoms with van der Waals surface area (Å²) in [6.07, 6.45) is 1.25. The van der Waals surface area contributed by atoms with E-state index in [0.717, 1.165) is 0 Å². The van der Waals surface area contributed by atoms with Gasteiger partial charge in [0, 0.05) is 5.56 Å². The zero-order valence-corrected chi connectivity index (χ0v) is 10.7. The second kappa shape index (κ2) is 4.34. The minimum absolute atomic E-state index is 0.0408. The highest BCUT2D eigenvalue weighted by Crippen LogP contribution is 2.26. The van der Waals surface area contributed by atoms with Crippen molar-refractivity contribution in [3.8, 4) is 5.75 Å². The van der Waals surface area contributed by atoms with Crippen molar-refractivity contribution < 1.29 is 13.5 Å². The molecule has 0 atom stereocenters. The molecule has 6 nitrogen and oxygen atoms in total. The van der Waals surface area contributed by atoms with Gasteiger partial charge in [0.25, 0.3) is 10.0 Å². The van der Waals surface area contributed by atoms with Crippen LogP contribution in [0.4, 0.5) is 5.69 Å². The fourth-order valence-electron chi connectivity index (χ4n) is 1.54. The molecule has 0 aliphatic rings. The number of benzene rings is 1. The number of nitrogens with zero attached hydrogens (tertiary/aromatic N) is 1. The van der Waals surface area contributed by atoms with Crippen molar-refractivity contribution in [3.05, 3.63) is 35.7 Å². The van der Waals surface area contributed by atoms with E-state index in [9.17, 15) is 13.5 Å². The first kappa shape index (κ1) is 12.4. The molecule has 18 heavy (non-hydrogen) atoms. The number of aryl methyl sites for hydroxylation is 1. The van der Waals surface area contributed by atoms with Crippen LogP contribution in [0.25, 0.3) is 0 Å². The summed E-state index contributed by atoms with van der Waals surface area (Å²) in [6.45, 7) is 3.26. The minimum Gasteiger partial charge on any atom is -0.508 e. The third-order valence-electron chi connectivity index (χ3n) is 2.62. The summed E-state index contributed by atoms with van der Waals surface area (Å²) >= 11 is 0. The number of aromatic hydroxyl groups is 1. The molecule has 1 aromatic carbocycles. The Morgan fingerprint density at radius 1 is 1.33 bits per heavy atom. The molecule has 0 saturated carbocycles. The normalized spacial score (nSPS) is 11.4. The van der Waals surface area contributed by atoms with Crippen molar-refractivity contribution >= 4 is 15.7 Å². The lowest BCUT2D eigenvalue weighted by molar-refractivity contribution is 0.471. The Kier molecular flexibility index (Phi) is 3.00. The van der Waals surface area contributed by atoms with E-state index >= 15 is 0 Å². The Labute approximate surface area is 105 Å². The fraction of sp³-hybridized carbons (Fsp3) is 0.182. The Bertz CT molecular complexity index is 677. The standard InChI is InChI=1S/C11H13N3O3S/c1-7-9(4-3-5-10(7)15)14-18(16,17)11-6-12-13-8(11)2/h3-6,14-15H,1-2H3,(H,12,13). The molecule has 2 rings (SSSR count). The predicted octanol–water partition coefficient (Wildman–Crippen LogP) is 1.53. The molecule has 7 heteroatoms. The number of sulfonamides is 1. The van der Waals surface area contributed by atoms with Crippen LogP contribution < -0.4 is 4.72 Å². The predicted molar refractivity (Wildman–Crippen MR) is 67.0 cm³/mol. The summed E-state index contributed by atoms with van der Waals surface area (Å²) < 4.78 is 26.6. The first-order chi connectivity index (χ1) is 8.42. The average molecular weight is 267 g/mol. The molecule has 0 fully saturated rings. The minimum atomic E-state index is -3.69. The third-order valence-corrected chi connectivity index (χ3v) is 4.10. The van der Waals surface area contributed by atoms with Gasteiger partial charge < -0.3 is 5.11 Å². The van der Waals surface area contributed by atoms with Crippen LogP contribution in [0.2, 0.25) is 0 Å². The molecule has 0 bridgehead atoms. The molecule has 1 heterocycles. The number of phenolic OH excluding ortho intramolecular Hbond substituents is 1. The van der Waals surface area contributed by atoms with Crippen LogP contribution >= 0.6 is 0 Å². The maximum absolute atomic E-state index is 12.1. The number of H-pyrrole nitrogens is 1. The van der Waals surface area contributed by atoms with Crippen molar-refractivity contribution in [2.75, 3.05) is 4.72 Å². The van der Waals surface area contributed by atoms with Gasteiger partial charge in [-0.1, -0.05) is 6.07 Å². The van der Waals surface area contributed by atoms with Crippen LogP contribution in [0.15, 0.2) is 29.3 Å². The molecule has 0 spiro atoms. The van der Waals surface area contributed by atoms with Gasteiger partial charge in [-0.3, -0.25) is 9.82 Å². The van der Waals surface area contributed by atoms with Crippen molar-refractivity contribution in [2.24, 2.45) is 0 Å². The molecular formula is C11H13N3O3S. The monoisotopic (exact) mass is 267 g/mol. The number of rotatable bonds is 3. The molecular weight excluding hydrogens is 254 g/mol. The van der Waals surface area contributed by atoms with E-state index in [1.54, 1.807) is 26.0 Å². The van der Waals surface area contributed by atoms with Gasteiger partial charge in [-0.15, -0.1) is 0 Å². The van der Waals surface area contributed by atoms with Crippen LogP contribution in [0.1, 0.15) is 11.3 Å². The van der Waals surface area contributed by atoms with Crippen LogP contribution in [0.3, 0.4) is 0 Å². The summed E-state index contributed by atoms with van der Waals surface area (Å²) in [7, 11) is -3.69. The van der Waals surface area contributed by atoms with Crippen LogP contribution in [-0.2, 0) is 10.0 Å². The van der Waals surface area contributed by atoms with Crippen molar-refractivity contribution in [1.82, 2.24) is 10.2 Å². The van der Waals surface area contributed by atoms with Crippen LogP contribution in [0.5, 0.6) is 5.75 Å². The maximum atomic E-state index is 12.1. The maximum Gasteiger partial charge on any atom is 0.265 e. The molecule has 96 valence electrons. The third kappa shape index (κ3) is 2.17. The molecule has 0 unspecified atom stereocenters. The quantitative estimate of drug-likeness (QED) is 0.786. The van der Waals surface area contributed by atoms with Crippen molar-refractivity contribution in [1.29, 1.82) is 0 Å². The Morgan fingerprint density at radius 3 is 2.67 bits per heavy atom. The van der Waals surface area contributed by atoms with Crippen LogP contribution in [-0.4, -0.2) is 23.7 Å². The van der Waals surface area contributed by atoms with E-state index in [0.29, 0.717) is 16.9 Å². The van der Waals surface area contributed by atoms with E-state index in [4.69, 9.17) is 0 Å². The molecule has 0 radical (unpaired) electrons. The second-order valence-electron chi connectivity index (χ2n) is 3.91. The van der Waals surface area contributed by atoms with Gasteiger partial charge in [-0.25, -0.2) is 8.42 Å². The molecule has 0 aliphatic carbocycles. The molecule has 2 aromatic rings. The highest BCUT2D eigenvalue weighted by atomic mass is 32.2. The Hall–Kier alpha value is -2.02. The smallest absolute Gasteiger partial charge is 0.265 e. The zero-order valence-electron chi connectivity index (χ0n) is 9.93. The van der Waals surface area contributed by atoms with Gasteiger partial charge in [0.2, 0.25) is 0 Å². The molecule has 0 amide bonds. The Morgan fingerprint density at radius 2 is 2.06 bits per heavy atom. The molecule has 0 aliphatic heterocycles. The molecule has 1 aromatic heterocycles. The van der Waals surface area contributed by atoms with E-state index in [-0.39, 0.29) is 10.6 Å². The summed E-state index contributed by atoms with van der Waals surface area (Å²) in [5.74, 6) is 0.0408. The first-order valence-corrected chi connectivity index (χ1v) is 6.71. The summed E-state index contributed by atoms with van der Waals surface area (Å²) in [5.41, 5.74) is 1.28. The lowest BCUT2D eigenvalue weighted by Crippen LogP contribution is -2.14. The van der Waals surface area contributed by atoms with E-state index in [2.05, 4.69) is 14.9 Å². The lowest BCUT2D eigenvalue weighted by Gasteiger charge is -2.10. The number of hydrogen-bond donors (Lipinski definition) is 3. The van der Waals surface area contributed by atoms with Gasteiger partial charge in [-0.2, -0.15) is 5.10 Å². The number of aromatic nitrogens is 2. The van der Waals surface area contributed by atoms with Crippen molar-refractivity contribution in [3.63, 3.8) is 0 Å². The topological polar surface area (TPSA) is 95.1 Å². The van der Waals surface area contributed by atoms with Gasteiger partial charge in [0.05, 0.1) is 17.6 Å². The number of aromatic amines is 1. The summed E-state index contributed by atoms with van der Waals surface area (Å²) in [4.78, 5) is 0.0882. The van der Waals surface area contributed by atoms with Gasteiger partial charge >= 0.3 is 0 Å². The lowest BCUT2D eigenvalue weighted by atomic mass is 10.2. The zero-order chi connectivity index (χ0) is 13.3. The fourth-order valence-corrected chi connectivity index (χ4v) is 2.81. The van der Waals surface area contributed by atoms with Crippen molar-refractivity contribution in [2.45, 2.75) is 18.7 Å².